The fourth-order valence-electron chi connectivity index (χ4n) is 2.03. The van der Waals surface area contributed by atoms with E-state index in [4.69, 9.17) is 0 Å². The summed E-state index contributed by atoms with van der Waals surface area (Å²) >= 11 is 0. The fraction of sp³-hybridized carbons (Fsp3) is 0.429. The molecule has 1 saturated carbocycles. The maximum absolute atomic E-state index is 10.2. The molecule has 0 saturated heterocycles. The summed E-state index contributed by atoms with van der Waals surface area (Å²) in [6, 6.07) is 9.84. The first-order chi connectivity index (χ1) is 7.24. The van der Waals surface area contributed by atoms with Gasteiger partial charge in [-0.25, -0.2) is 0 Å². The Balaban J connectivity index is 2.12. The second-order valence-corrected chi connectivity index (χ2v) is 4.18. The van der Waals surface area contributed by atoms with Crippen LogP contribution in [0, 0.1) is 17.8 Å². The summed E-state index contributed by atoms with van der Waals surface area (Å²) in [5.41, 5.74) is 0.262. The van der Waals surface area contributed by atoms with Crippen molar-refractivity contribution in [2.45, 2.75) is 31.8 Å². The number of benzene rings is 1. The molecule has 2 rings (SSSR count). The van der Waals surface area contributed by atoms with Crippen molar-refractivity contribution in [3.05, 3.63) is 35.9 Å². The summed E-state index contributed by atoms with van der Waals surface area (Å²) in [5.74, 6) is 6.44. The van der Waals surface area contributed by atoms with Crippen LogP contribution >= 0.6 is 0 Å². The third kappa shape index (κ3) is 2.06. The highest BCUT2D eigenvalue weighted by molar-refractivity contribution is 5.37. The molecule has 0 bridgehead atoms. The predicted molar refractivity (Wildman–Crippen MR) is 61.3 cm³/mol. The standard InChI is InChI=1S/C14H16O/c1-2-13-9-11-14(13,15)10-8-12-6-4-3-5-7-12/h3-7,13,15H,2,9,11H2,1H3/t13-,14+/m0/s1. The third-order valence-electron chi connectivity index (χ3n) is 3.24. The minimum absolute atomic E-state index is 0.369. The maximum atomic E-state index is 10.2. The Kier molecular flexibility index (Phi) is 2.79. The number of hydrogen-bond acceptors (Lipinski definition) is 1. The van der Waals surface area contributed by atoms with Gasteiger partial charge >= 0.3 is 0 Å². The van der Waals surface area contributed by atoms with Crippen molar-refractivity contribution >= 4 is 0 Å². The van der Waals surface area contributed by atoms with Gasteiger partial charge in [0.05, 0.1) is 0 Å². The number of rotatable bonds is 1. The molecule has 2 atom stereocenters. The van der Waals surface area contributed by atoms with E-state index in [-0.39, 0.29) is 0 Å². The monoisotopic (exact) mass is 200 g/mol. The molecule has 1 nitrogen and oxygen atoms in total. The van der Waals surface area contributed by atoms with Crippen LogP contribution in [0.1, 0.15) is 31.7 Å². The SMILES string of the molecule is CC[C@H]1CC[C@]1(O)C#Cc1ccccc1. The van der Waals surface area contributed by atoms with Gasteiger partial charge < -0.3 is 5.11 Å². The maximum Gasteiger partial charge on any atom is 0.128 e. The Morgan fingerprint density at radius 3 is 2.67 bits per heavy atom. The van der Waals surface area contributed by atoms with Gasteiger partial charge in [0.15, 0.2) is 0 Å². The minimum atomic E-state index is -0.718. The van der Waals surface area contributed by atoms with Gasteiger partial charge in [0.1, 0.15) is 5.60 Å². The second-order valence-electron chi connectivity index (χ2n) is 4.18. The first-order valence-corrected chi connectivity index (χ1v) is 5.55. The molecule has 1 heteroatoms. The lowest BCUT2D eigenvalue weighted by Gasteiger charge is -2.41. The molecule has 1 fully saturated rings. The van der Waals surface area contributed by atoms with Crippen molar-refractivity contribution in [2.75, 3.05) is 0 Å². The Bertz CT molecular complexity index is 383. The Morgan fingerprint density at radius 2 is 2.13 bits per heavy atom. The molecule has 1 aliphatic carbocycles. The molecule has 0 unspecified atom stereocenters. The normalized spacial score (nSPS) is 28.8. The first kappa shape index (κ1) is 10.3. The third-order valence-corrected chi connectivity index (χ3v) is 3.24. The van der Waals surface area contributed by atoms with E-state index in [9.17, 15) is 5.11 Å². The zero-order valence-corrected chi connectivity index (χ0v) is 9.03. The Morgan fingerprint density at radius 1 is 1.40 bits per heavy atom. The van der Waals surface area contributed by atoms with E-state index in [1.807, 2.05) is 30.3 Å². The van der Waals surface area contributed by atoms with E-state index in [1.165, 1.54) is 0 Å². The highest BCUT2D eigenvalue weighted by Gasteiger charge is 2.42. The van der Waals surface area contributed by atoms with Crippen molar-refractivity contribution in [2.24, 2.45) is 5.92 Å². The quantitative estimate of drug-likeness (QED) is 0.691. The van der Waals surface area contributed by atoms with Crippen LogP contribution < -0.4 is 0 Å². The molecule has 1 aromatic rings. The number of aliphatic hydroxyl groups is 1. The Hall–Kier alpha value is -1.26. The summed E-state index contributed by atoms with van der Waals surface area (Å²) in [7, 11) is 0. The van der Waals surface area contributed by atoms with Gasteiger partial charge in [-0.15, -0.1) is 0 Å². The van der Waals surface area contributed by atoms with Crippen LogP contribution in [0.4, 0.5) is 0 Å². The summed E-state index contributed by atoms with van der Waals surface area (Å²) in [6.45, 7) is 2.11. The highest BCUT2D eigenvalue weighted by Crippen LogP contribution is 2.40. The van der Waals surface area contributed by atoms with Gasteiger partial charge in [-0.2, -0.15) is 0 Å². The fourth-order valence-corrected chi connectivity index (χ4v) is 2.03. The van der Waals surface area contributed by atoms with Crippen LogP contribution in [0.25, 0.3) is 0 Å². The van der Waals surface area contributed by atoms with Gasteiger partial charge in [-0.1, -0.05) is 37.0 Å². The highest BCUT2D eigenvalue weighted by atomic mass is 16.3. The van der Waals surface area contributed by atoms with Crippen LogP contribution in [0.3, 0.4) is 0 Å². The molecule has 15 heavy (non-hydrogen) atoms. The zero-order valence-electron chi connectivity index (χ0n) is 9.03. The molecule has 1 aromatic carbocycles. The van der Waals surface area contributed by atoms with E-state index >= 15 is 0 Å². The molecular weight excluding hydrogens is 184 g/mol. The van der Waals surface area contributed by atoms with Gasteiger partial charge in [-0.05, 0) is 37.3 Å². The molecule has 0 radical (unpaired) electrons. The minimum Gasteiger partial charge on any atom is -0.377 e. The predicted octanol–water partition coefficient (Wildman–Crippen LogP) is 2.59. The lowest BCUT2D eigenvalue weighted by atomic mass is 9.68. The van der Waals surface area contributed by atoms with Crippen LogP contribution in [-0.4, -0.2) is 10.7 Å². The lowest BCUT2D eigenvalue weighted by Crippen LogP contribution is -2.45. The van der Waals surface area contributed by atoms with Gasteiger partial charge in [0, 0.05) is 5.56 Å². The zero-order chi connectivity index (χ0) is 10.7. The summed E-state index contributed by atoms with van der Waals surface area (Å²) in [6.07, 6.45) is 2.95. The average molecular weight is 200 g/mol. The molecule has 1 N–H and O–H groups in total. The second kappa shape index (κ2) is 4.08. The summed E-state index contributed by atoms with van der Waals surface area (Å²) in [4.78, 5) is 0. The van der Waals surface area contributed by atoms with E-state index in [0.29, 0.717) is 5.92 Å². The van der Waals surface area contributed by atoms with Crippen LogP contribution in [0.2, 0.25) is 0 Å². The largest absolute Gasteiger partial charge is 0.377 e. The molecule has 78 valence electrons. The van der Waals surface area contributed by atoms with E-state index in [1.54, 1.807) is 0 Å². The molecule has 0 aromatic heterocycles. The molecule has 0 aliphatic heterocycles. The van der Waals surface area contributed by atoms with Crippen molar-refractivity contribution in [1.29, 1.82) is 0 Å². The van der Waals surface area contributed by atoms with Crippen molar-refractivity contribution in [3.8, 4) is 11.8 Å². The first-order valence-electron chi connectivity index (χ1n) is 5.55. The van der Waals surface area contributed by atoms with Crippen LogP contribution in [0.15, 0.2) is 30.3 Å². The van der Waals surface area contributed by atoms with Crippen molar-refractivity contribution in [1.82, 2.24) is 0 Å². The van der Waals surface area contributed by atoms with E-state index in [0.717, 1.165) is 24.8 Å². The lowest BCUT2D eigenvalue weighted by molar-refractivity contribution is -0.0439. The van der Waals surface area contributed by atoms with E-state index in [2.05, 4.69) is 18.8 Å². The van der Waals surface area contributed by atoms with Crippen LogP contribution in [-0.2, 0) is 0 Å². The van der Waals surface area contributed by atoms with Crippen LogP contribution in [0.5, 0.6) is 0 Å². The van der Waals surface area contributed by atoms with Gasteiger partial charge in [0.25, 0.3) is 0 Å². The van der Waals surface area contributed by atoms with Crippen molar-refractivity contribution in [3.63, 3.8) is 0 Å². The topological polar surface area (TPSA) is 20.2 Å². The smallest absolute Gasteiger partial charge is 0.128 e. The molecule has 0 amide bonds. The molecule has 1 aliphatic rings. The van der Waals surface area contributed by atoms with Gasteiger partial charge in [0.2, 0.25) is 0 Å². The summed E-state index contributed by atoms with van der Waals surface area (Å²) in [5, 5.41) is 10.2. The molecular formula is C14H16O. The average Bonchev–Trinajstić information content (AvgIpc) is 2.26. The molecule has 0 heterocycles. The van der Waals surface area contributed by atoms with E-state index < -0.39 is 5.60 Å². The number of hydrogen-bond donors (Lipinski definition) is 1. The Labute approximate surface area is 91.1 Å². The van der Waals surface area contributed by atoms with Crippen molar-refractivity contribution < 1.29 is 5.11 Å². The van der Waals surface area contributed by atoms with Gasteiger partial charge in [-0.3, -0.25) is 0 Å². The summed E-state index contributed by atoms with van der Waals surface area (Å²) < 4.78 is 0. The molecule has 0 spiro atoms.